The number of hydrogen-bond acceptors (Lipinski definition) is 4. The van der Waals surface area contributed by atoms with Crippen molar-refractivity contribution in [1.82, 2.24) is 0 Å². The maximum absolute atomic E-state index is 13.7. The monoisotopic (exact) mass is 1320 g/mol. The Morgan fingerprint density at radius 2 is 0.350 bits per heavy atom. The van der Waals surface area contributed by atoms with E-state index in [2.05, 4.69) is 173 Å². The second kappa shape index (κ2) is 21.3. The van der Waals surface area contributed by atoms with Crippen LogP contribution in [0.4, 0.5) is 0 Å². The molecular weight excluding hydrogens is 1220 g/mol. The van der Waals surface area contributed by atoms with Crippen molar-refractivity contribution in [1.29, 1.82) is 0 Å². The van der Waals surface area contributed by atoms with E-state index in [0.717, 1.165) is 122 Å². The number of aromatic hydroxyl groups is 4. The first-order valence-corrected chi connectivity index (χ1v) is 39.9. The van der Waals surface area contributed by atoms with E-state index >= 15 is 0 Å². The first-order chi connectivity index (χ1) is 48.2. The van der Waals surface area contributed by atoms with Crippen molar-refractivity contribution in [3.05, 3.63) is 257 Å². The lowest BCUT2D eigenvalue weighted by molar-refractivity contribution is -0.0283. The lowest BCUT2D eigenvalue weighted by atomic mass is 9.41. The molecule has 4 heteroatoms. The number of rotatable bonds is 8. The highest BCUT2D eigenvalue weighted by Crippen LogP contribution is 2.72. The summed E-state index contributed by atoms with van der Waals surface area (Å²) >= 11 is 0. The van der Waals surface area contributed by atoms with Gasteiger partial charge in [-0.1, -0.05) is 168 Å². The summed E-state index contributed by atoms with van der Waals surface area (Å²) in [4.78, 5) is 0. The molecule has 17 aliphatic rings. The topological polar surface area (TPSA) is 80.9 Å². The smallest absolute Gasteiger partial charge is 0.122 e. The summed E-state index contributed by atoms with van der Waals surface area (Å²) in [5.41, 5.74) is 24.0. The summed E-state index contributed by atoms with van der Waals surface area (Å²) in [6.07, 6.45) is 30.5. The molecule has 0 aliphatic heterocycles. The van der Waals surface area contributed by atoms with Crippen LogP contribution >= 0.6 is 0 Å². The SMILES string of the molecule is Cc1ccc(C23C[C@H]4C[C@@H](C2)CC(c2cc5c(O)c(c2)Cc2cc(C67C[C@@H]8C[C@@H](CC(c9ccc(C)cc9)(C8)C6)C7)cc(c2O)Cc2cc(C67C[C@@H]8C[C@@H](CC(c9ccc(C)cc9)(C8)C6)C7)cc(c2O)Cc2cc(C67C[C@@H]8C[C@@H](CC(c9ccc(C)cc9)(C8)C6)C7)cc(c2O)C5)(C4)C3)cc1. The average molecular weight is 1320 g/mol. The maximum atomic E-state index is 13.7. The first-order valence-electron chi connectivity index (χ1n) is 39.9. The Labute approximate surface area is 594 Å². The van der Waals surface area contributed by atoms with Crippen LogP contribution in [-0.4, -0.2) is 20.4 Å². The Hall–Kier alpha value is -7.04. The van der Waals surface area contributed by atoms with Crippen LogP contribution < -0.4 is 0 Å². The number of fused-ring (bicyclic) bond motifs is 8. The third-order valence-electron chi connectivity index (χ3n) is 31.9. The Morgan fingerprint density at radius 3 is 0.500 bits per heavy atom. The van der Waals surface area contributed by atoms with Crippen LogP contribution in [0.15, 0.2) is 146 Å². The first kappa shape index (κ1) is 61.6. The molecule has 0 aromatic heterocycles. The summed E-state index contributed by atoms with van der Waals surface area (Å²) < 4.78 is 0. The fraction of sp³-hybridized carbons (Fsp3) is 0.500. The Bertz CT molecular complexity index is 3950. The summed E-state index contributed by atoms with van der Waals surface area (Å²) in [6, 6.07) is 58.0. The summed E-state index contributed by atoms with van der Waals surface area (Å²) in [7, 11) is 0. The van der Waals surface area contributed by atoms with Crippen LogP contribution in [-0.2, 0) is 69.0 Å². The van der Waals surface area contributed by atoms with Crippen LogP contribution in [0.1, 0.15) is 265 Å². The molecule has 24 bridgehead atoms. The van der Waals surface area contributed by atoms with E-state index in [4.69, 9.17) is 0 Å². The molecule has 16 fully saturated rings. The predicted octanol–water partition coefficient (Wildman–Crippen LogP) is 21.6. The van der Waals surface area contributed by atoms with Gasteiger partial charge >= 0.3 is 0 Å². The summed E-state index contributed by atoms with van der Waals surface area (Å²) in [5, 5.41) is 54.9. The van der Waals surface area contributed by atoms with Gasteiger partial charge in [-0.3, -0.25) is 0 Å². The van der Waals surface area contributed by atoms with E-state index in [0.29, 0.717) is 96.0 Å². The number of benzene rings is 8. The molecule has 0 amide bonds. The van der Waals surface area contributed by atoms with E-state index in [9.17, 15) is 20.4 Å². The molecule has 4 N–H and O–H groups in total. The highest BCUT2D eigenvalue weighted by atomic mass is 16.3. The molecule has 8 aromatic carbocycles. The number of phenolic OH excluding ortho intramolecular Hbond substituents is 4. The average Bonchev–Trinajstić information content (AvgIpc) is 0.724. The van der Waals surface area contributed by atoms with Crippen LogP contribution in [0.25, 0.3) is 0 Å². The number of phenols is 4. The lowest BCUT2D eigenvalue weighted by Gasteiger charge is -2.63. The third kappa shape index (κ3) is 9.33. The van der Waals surface area contributed by atoms with E-state index in [-0.39, 0.29) is 43.3 Å². The molecule has 0 saturated heterocycles. The predicted molar refractivity (Wildman–Crippen MR) is 401 cm³/mol. The van der Waals surface area contributed by atoms with Gasteiger partial charge in [-0.15, -0.1) is 0 Å². The van der Waals surface area contributed by atoms with Gasteiger partial charge in [0.15, 0.2) is 0 Å². The maximum Gasteiger partial charge on any atom is 0.122 e. The van der Waals surface area contributed by atoms with E-state index in [1.165, 1.54) is 144 Å². The van der Waals surface area contributed by atoms with Gasteiger partial charge in [-0.05, 0) is 361 Å². The fourth-order valence-corrected chi connectivity index (χ4v) is 29.5. The molecule has 8 unspecified atom stereocenters. The van der Waals surface area contributed by atoms with Crippen LogP contribution in [0.2, 0.25) is 0 Å². The van der Waals surface area contributed by atoms with Gasteiger partial charge in [0.2, 0.25) is 0 Å². The van der Waals surface area contributed by atoms with Crippen molar-refractivity contribution in [2.24, 2.45) is 47.3 Å². The second-order valence-corrected chi connectivity index (χ2v) is 38.8. The zero-order valence-electron chi connectivity index (χ0n) is 60.1. The standard InChI is InChI=1S/C96H104O4/c1-57-5-13-77(14-6-57)89-37-61-21-62(38-89)46-93(45-61,53-89)81-29-69-25-71-31-82(94-47-63-22-64(48-94)40-90(39-63,54-94)78-15-7-58(2)8-16-78)33-73(86(71)98)27-75-35-84(96-51-67-24-68(52-96)44-92(43-67,56-96)80-19-11-60(4)12-20-80)36-76(88(75)100)28-74-34-83(32-72(87(74)99)26-70(30-81)85(69)97)95-49-65-23-66(50-95)42-91(41-65,55-95)79-17-9-59(3)10-18-79/h5-20,29-36,61-68,97-100H,21-28,37-56H2,1-4H3/t61-,62+,63-,64+,65-,66+,67-,68+,89?,90?,91?,92?,93?,94?,95?,96?. The van der Waals surface area contributed by atoms with Gasteiger partial charge in [0.25, 0.3) is 0 Å². The Kier molecular flexibility index (Phi) is 13.1. The Morgan fingerprint density at radius 1 is 0.210 bits per heavy atom. The lowest BCUT2D eigenvalue weighted by Crippen LogP contribution is -2.56. The molecule has 100 heavy (non-hydrogen) atoms. The molecule has 16 saturated carbocycles. The van der Waals surface area contributed by atoms with Gasteiger partial charge in [0, 0.05) is 25.7 Å². The summed E-state index contributed by atoms with van der Waals surface area (Å²) in [6.45, 7) is 8.89. The molecule has 4 nitrogen and oxygen atoms in total. The van der Waals surface area contributed by atoms with Gasteiger partial charge < -0.3 is 20.4 Å². The van der Waals surface area contributed by atoms with Gasteiger partial charge in [-0.2, -0.15) is 0 Å². The third-order valence-corrected chi connectivity index (χ3v) is 31.9. The minimum Gasteiger partial charge on any atom is -0.507 e. The number of aryl methyl sites for hydroxylation is 4. The van der Waals surface area contributed by atoms with Crippen molar-refractivity contribution in [3.63, 3.8) is 0 Å². The molecule has 0 radical (unpaired) electrons. The fourth-order valence-electron chi connectivity index (χ4n) is 29.5. The molecule has 16 atom stereocenters. The van der Waals surface area contributed by atoms with Crippen LogP contribution in [0, 0.1) is 75.0 Å². The van der Waals surface area contributed by atoms with Crippen molar-refractivity contribution < 1.29 is 20.4 Å². The highest BCUT2D eigenvalue weighted by molar-refractivity contribution is 5.61. The van der Waals surface area contributed by atoms with Crippen LogP contribution in [0.5, 0.6) is 23.0 Å². The highest BCUT2D eigenvalue weighted by Gasteiger charge is 2.63. The molecular formula is C96H104O4. The van der Waals surface area contributed by atoms with Crippen molar-refractivity contribution in [2.75, 3.05) is 0 Å². The zero-order valence-corrected chi connectivity index (χ0v) is 60.1. The normalized spacial score (nSPS) is 37.2. The summed E-state index contributed by atoms with van der Waals surface area (Å²) in [5.74, 6) is 6.38. The second-order valence-electron chi connectivity index (χ2n) is 38.8. The molecule has 8 aromatic rings. The van der Waals surface area contributed by atoms with Gasteiger partial charge in [0.05, 0.1) is 0 Å². The van der Waals surface area contributed by atoms with Crippen molar-refractivity contribution in [3.8, 4) is 23.0 Å². The van der Waals surface area contributed by atoms with Gasteiger partial charge in [0.1, 0.15) is 23.0 Å². The zero-order chi connectivity index (χ0) is 67.2. The largest absolute Gasteiger partial charge is 0.507 e. The van der Waals surface area contributed by atoms with Crippen molar-refractivity contribution >= 4 is 0 Å². The molecule has 17 aliphatic carbocycles. The van der Waals surface area contributed by atoms with E-state index < -0.39 is 0 Å². The molecule has 512 valence electrons. The van der Waals surface area contributed by atoms with E-state index in [1.54, 1.807) is 0 Å². The minimum absolute atomic E-state index is 0.0709. The van der Waals surface area contributed by atoms with Crippen molar-refractivity contribution in [2.45, 2.75) is 251 Å². The Balaban J connectivity index is 0.774. The van der Waals surface area contributed by atoms with E-state index in [1.807, 2.05) is 0 Å². The van der Waals surface area contributed by atoms with Crippen LogP contribution in [0.3, 0.4) is 0 Å². The molecule has 25 rings (SSSR count). The quantitative estimate of drug-likeness (QED) is 0.122. The van der Waals surface area contributed by atoms with Gasteiger partial charge in [-0.25, -0.2) is 0 Å². The number of hydrogen-bond donors (Lipinski definition) is 4. The minimum atomic E-state index is -0.0709. The molecule has 0 heterocycles. The molecule has 0 spiro atoms.